The monoisotopic (exact) mass is 740 g/mol. The number of hydrogen-bond acceptors (Lipinski definition) is 4. The van der Waals surface area contributed by atoms with E-state index in [2.05, 4.69) is 84.3 Å². The number of benzene rings is 3. The summed E-state index contributed by atoms with van der Waals surface area (Å²) in [5.74, 6) is 0. The number of furan rings is 1. The van der Waals surface area contributed by atoms with Crippen LogP contribution in [0.4, 0.5) is 0 Å². The maximum Gasteiger partial charge on any atom is 0.130 e. The summed E-state index contributed by atoms with van der Waals surface area (Å²) in [7, 11) is 0. The van der Waals surface area contributed by atoms with Crippen LogP contribution in [-0.4, -0.2) is 15.0 Å². The Balaban J connectivity index is 0.000000221. The molecule has 0 N–H and O–H groups in total. The van der Waals surface area contributed by atoms with Crippen LogP contribution < -0.4 is 0 Å². The maximum atomic E-state index is 6.46. The third-order valence-corrected chi connectivity index (χ3v) is 7.23. The van der Waals surface area contributed by atoms with E-state index in [9.17, 15) is 0 Å². The molecule has 3 aromatic carbocycles. The van der Waals surface area contributed by atoms with Crippen LogP contribution in [0, 0.1) is 31.4 Å². The van der Waals surface area contributed by atoms with E-state index in [1.807, 2.05) is 74.9 Å². The number of fused-ring (bicyclic) bond motifs is 5. The molecule has 0 amide bonds. The van der Waals surface area contributed by atoms with Gasteiger partial charge in [0.15, 0.2) is 0 Å². The second kappa shape index (κ2) is 12.6. The van der Waals surface area contributed by atoms with Gasteiger partial charge in [0.2, 0.25) is 0 Å². The van der Waals surface area contributed by atoms with Crippen molar-refractivity contribution in [3.63, 3.8) is 0 Å². The Morgan fingerprint density at radius 2 is 1.56 bits per heavy atom. The molecule has 0 saturated carbocycles. The Kier molecular flexibility index (Phi) is 8.87. The van der Waals surface area contributed by atoms with E-state index in [4.69, 9.17) is 4.42 Å². The zero-order chi connectivity index (χ0) is 29.3. The van der Waals surface area contributed by atoms with Crippen molar-refractivity contribution in [3.8, 4) is 22.5 Å². The topological polar surface area (TPSA) is 51.8 Å². The second-order valence-corrected chi connectivity index (χ2v) is 11.9. The summed E-state index contributed by atoms with van der Waals surface area (Å²) in [5.41, 5.74) is 9.19. The zero-order valence-electron chi connectivity index (χ0n) is 25.0. The van der Waals surface area contributed by atoms with Crippen LogP contribution in [0.15, 0.2) is 102 Å². The molecule has 4 aromatic heterocycles. The van der Waals surface area contributed by atoms with Crippen molar-refractivity contribution in [1.82, 2.24) is 15.0 Å². The summed E-state index contributed by atoms with van der Waals surface area (Å²) in [6, 6.07) is 33.0. The van der Waals surface area contributed by atoms with Crippen molar-refractivity contribution in [2.75, 3.05) is 0 Å². The summed E-state index contributed by atoms with van der Waals surface area (Å²) in [6.07, 6.45) is 6.59. The van der Waals surface area contributed by atoms with Gasteiger partial charge < -0.3 is 14.4 Å². The van der Waals surface area contributed by atoms with Crippen molar-refractivity contribution in [3.05, 3.63) is 126 Å². The first-order valence-corrected chi connectivity index (χ1v) is 14.2. The summed E-state index contributed by atoms with van der Waals surface area (Å²) >= 11 is 0. The van der Waals surface area contributed by atoms with Crippen molar-refractivity contribution < 1.29 is 24.5 Å². The molecule has 0 spiro atoms. The van der Waals surface area contributed by atoms with Crippen LogP contribution in [0.3, 0.4) is 0 Å². The average molecular weight is 740 g/mol. The number of rotatable bonds is 3. The number of aromatic nitrogens is 3. The fourth-order valence-corrected chi connectivity index (χ4v) is 5.33. The van der Waals surface area contributed by atoms with Gasteiger partial charge in [-0.25, -0.2) is 0 Å². The number of hydrogen-bond donors (Lipinski definition) is 0. The van der Waals surface area contributed by atoms with Crippen LogP contribution in [0.1, 0.15) is 37.6 Å². The summed E-state index contributed by atoms with van der Waals surface area (Å²) in [6.45, 7) is 10.8. The average Bonchev–Trinajstić information content (AvgIpc) is 3.37. The van der Waals surface area contributed by atoms with Crippen LogP contribution in [0.25, 0.3) is 55.2 Å². The molecule has 1 radical (unpaired) electrons. The summed E-state index contributed by atoms with van der Waals surface area (Å²) < 4.78 is 6.46. The molecular weight excluding hydrogens is 707 g/mol. The van der Waals surface area contributed by atoms with Gasteiger partial charge in [0.25, 0.3) is 0 Å². The van der Waals surface area contributed by atoms with E-state index in [-0.39, 0.29) is 25.5 Å². The van der Waals surface area contributed by atoms with Crippen LogP contribution in [-0.2, 0) is 26.5 Å². The number of aryl methyl sites for hydroxylation is 2. The smallest absolute Gasteiger partial charge is 0.130 e. The molecule has 5 heteroatoms. The minimum atomic E-state index is 0. The molecule has 7 aromatic rings. The minimum absolute atomic E-state index is 0. The fourth-order valence-electron chi connectivity index (χ4n) is 5.33. The normalized spacial score (nSPS) is 11.3. The predicted molar refractivity (Wildman–Crippen MR) is 172 cm³/mol. The first-order valence-electron chi connectivity index (χ1n) is 14.2. The standard InChI is InChI=1S/C26H23N2O.C12H10N.Ir/c1-16-23-18(11-13-27-16)8-9-20-19-6-5-7-21(24(19)29-25(20)23)22-14-17(10-12-28-22)15-26(2,3)4;1-10-7-8-12(13-9-10)11-5-3-2-4-6-11;/h5-6,8-14H,15H2,1-4H3;2-5,7-9H,1H3;/q2*-1;. The van der Waals surface area contributed by atoms with E-state index in [1.54, 1.807) is 0 Å². The number of nitrogens with zero attached hydrogens (tertiary/aromatic N) is 3. The van der Waals surface area contributed by atoms with Crippen LogP contribution >= 0.6 is 0 Å². The first-order chi connectivity index (χ1) is 20.3. The molecule has 4 nitrogen and oxygen atoms in total. The summed E-state index contributed by atoms with van der Waals surface area (Å²) in [5, 5.41) is 4.40. The fraction of sp³-hybridized carbons (Fsp3) is 0.184. The molecule has 0 bridgehead atoms. The van der Waals surface area contributed by atoms with Crippen LogP contribution in [0.2, 0.25) is 0 Å². The molecule has 0 atom stereocenters. The predicted octanol–water partition coefficient (Wildman–Crippen LogP) is 9.75. The molecule has 0 aliphatic carbocycles. The van der Waals surface area contributed by atoms with E-state index in [0.717, 1.165) is 67.3 Å². The van der Waals surface area contributed by atoms with Gasteiger partial charge in [-0.3, -0.25) is 4.98 Å². The maximum absolute atomic E-state index is 6.46. The molecule has 0 aliphatic heterocycles. The third-order valence-electron chi connectivity index (χ3n) is 7.23. The van der Waals surface area contributed by atoms with Crippen molar-refractivity contribution in [2.24, 2.45) is 5.41 Å². The quantitative estimate of drug-likeness (QED) is 0.170. The molecular formula is C38H33IrN3O-2. The Labute approximate surface area is 266 Å². The molecule has 0 aliphatic rings. The van der Waals surface area contributed by atoms with Gasteiger partial charge in [-0.2, -0.15) is 0 Å². The number of pyridine rings is 3. The summed E-state index contributed by atoms with van der Waals surface area (Å²) in [4.78, 5) is 13.4. The van der Waals surface area contributed by atoms with E-state index >= 15 is 0 Å². The van der Waals surface area contributed by atoms with Gasteiger partial charge in [-0.1, -0.05) is 67.6 Å². The van der Waals surface area contributed by atoms with E-state index in [0.29, 0.717) is 0 Å². The minimum Gasteiger partial charge on any atom is -0.500 e. The van der Waals surface area contributed by atoms with Gasteiger partial charge in [0.1, 0.15) is 5.58 Å². The molecule has 0 unspecified atom stereocenters. The Bertz CT molecular complexity index is 2010. The van der Waals surface area contributed by atoms with Crippen molar-refractivity contribution in [1.29, 1.82) is 0 Å². The third kappa shape index (κ3) is 6.59. The zero-order valence-corrected chi connectivity index (χ0v) is 27.4. The molecule has 0 saturated heterocycles. The van der Waals surface area contributed by atoms with Crippen molar-refractivity contribution >= 4 is 32.7 Å². The van der Waals surface area contributed by atoms with Gasteiger partial charge in [-0.05, 0) is 60.2 Å². The molecule has 0 fully saturated rings. The SMILES string of the molecule is Cc1ccc(-c2[c-]cccc2)nc1.Cc1nccc2ccc3c4cc[c-]c(-c5cc(CC(C)(C)C)ccn5)c4oc3c12.[Ir]. The van der Waals surface area contributed by atoms with E-state index in [1.165, 1.54) is 11.1 Å². The van der Waals surface area contributed by atoms with Gasteiger partial charge in [0.05, 0.1) is 5.58 Å². The molecule has 4 heterocycles. The van der Waals surface area contributed by atoms with E-state index < -0.39 is 0 Å². The first kappa shape index (κ1) is 30.3. The largest absolute Gasteiger partial charge is 0.500 e. The van der Waals surface area contributed by atoms with Gasteiger partial charge in [0, 0.05) is 55.2 Å². The second-order valence-electron chi connectivity index (χ2n) is 11.9. The molecule has 43 heavy (non-hydrogen) atoms. The van der Waals surface area contributed by atoms with Gasteiger partial charge >= 0.3 is 0 Å². The Morgan fingerprint density at radius 3 is 2.30 bits per heavy atom. The van der Waals surface area contributed by atoms with Gasteiger partial charge in [-0.15, -0.1) is 54.1 Å². The molecule has 7 rings (SSSR count). The Hall–Kier alpha value is -4.18. The van der Waals surface area contributed by atoms with Crippen molar-refractivity contribution in [2.45, 2.75) is 41.0 Å². The van der Waals surface area contributed by atoms with Crippen LogP contribution in [0.5, 0.6) is 0 Å². The Morgan fingerprint density at radius 1 is 0.744 bits per heavy atom. The molecule has 217 valence electrons.